The van der Waals surface area contributed by atoms with Crippen LogP contribution in [0, 0.1) is 0 Å². The van der Waals surface area contributed by atoms with Crippen molar-refractivity contribution in [2.24, 2.45) is 0 Å². The molecule has 126 valence electrons. The number of nitrogens with zero attached hydrogens (tertiary/aromatic N) is 7. The van der Waals surface area contributed by atoms with Crippen LogP contribution in [-0.4, -0.2) is 73.9 Å². The van der Waals surface area contributed by atoms with Gasteiger partial charge in [0.1, 0.15) is 0 Å². The van der Waals surface area contributed by atoms with Gasteiger partial charge in [0.25, 0.3) is 0 Å². The van der Waals surface area contributed by atoms with Crippen molar-refractivity contribution >= 4 is 11.5 Å². The maximum Gasteiger partial charge on any atom is 0.247 e. The number of aromatic nitrogens is 5. The predicted molar refractivity (Wildman–Crippen MR) is 88.8 cm³/mol. The number of allylic oxidation sites excluding steroid dienone is 1. The lowest BCUT2D eigenvalue weighted by Crippen LogP contribution is -2.37. The van der Waals surface area contributed by atoms with E-state index in [0.717, 1.165) is 5.57 Å². The molecule has 0 radical (unpaired) electrons. The zero-order valence-electron chi connectivity index (χ0n) is 14.1. The first kappa shape index (κ1) is 16.3. The average Bonchev–Trinajstić information content (AvgIpc) is 3.24. The lowest BCUT2D eigenvalue weighted by Gasteiger charge is -2.24. The van der Waals surface area contributed by atoms with Gasteiger partial charge in [0, 0.05) is 37.8 Å². The van der Waals surface area contributed by atoms with Gasteiger partial charge in [-0.3, -0.25) is 14.8 Å². The van der Waals surface area contributed by atoms with E-state index in [9.17, 15) is 4.79 Å². The molecule has 0 aromatic carbocycles. The largest absolute Gasteiger partial charge is 0.335 e. The van der Waals surface area contributed by atoms with Crippen LogP contribution in [0.2, 0.25) is 0 Å². The topological polar surface area (TPSA) is 80.0 Å². The maximum atomic E-state index is 12.6. The first-order chi connectivity index (χ1) is 11.6. The monoisotopic (exact) mass is 327 g/mol. The smallest absolute Gasteiger partial charge is 0.247 e. The number of carbonyl (C=O) groups is 1. The Hall–Kier alpha value is -2.61. The Morgan fingerprint density at radius 2 is 2.12 bits per heavy atom. The van der Waals surface area contributed by atoms with E-state index in [1.54, 1.807) is 30.9 Å². The lowest BCUT2D eigenvalue weighted by atomic mass is 10.1. The molecular weight excluding hydrogens is 306 g/mol. The van der Waals surface area contributed by atoms with Crippen molar-refractivity contribution < 1.29 is 4.79 Å². The van der Waals surface area contributed by atoms with Gasteiger partial charge in [0.05, 0.1) is 30.2 Å². The summed E-state index contributed by atoms with van der Waals surface area (Å²) in [6.45, 7) is 3.13. The second-order valence-electron chi connectivity index (χ2n) is 6.14. The van der Waals surface area contributed by atoms with Gasteiger partial charge < -0.3 is 9.80 Å². The Morgan fingerprint density at radius 3 is 2.75 bits per heavy atom. The molecule has 0 bridgehead atoms. The van der Waals surface area contributed by atoms with Crippen molar-refractivity contribution in [3.63, 3.8) is 0 Å². The zero-order valence-corrected chi connectivity index (χ0v) is 14.1. The SMILES string of the molecule is C/C(=C\C(=O)N1C[C@@H](N(C)C)[C@@H](n2ccnn2)C1)c1cnccn1. The highest BCUT2D eigenvalue weighted by Crippen LogP contribution is 2.25. The minimum atomic E-state index is -0.0207. The van der Waals surface area contributed by atoms with Crippen LogP contribution in [0.3, 0.4) is 0 Å². The van der Waals surface area contributed by atoms with Gasteiger partial charge in [-0.1, -0.05) is 5.21 Å². The fourth-order valence-electron chi connectivity index (χ4n) is 2.96. The Labute approximate surface area is 140 Å². The van der Waals surface area contributed by atoms with Gasteiger partial charge in [0.2, 0.25) is 5.91 Å². The predicted octanol–water partition coefficient (Wildman–Crippen LogP) is 0.485. The van der Waals surface area contributed by atoms with Crippen LogP contribution >= 0.6 is 0 Å². The summed E-state index contributed by atoms with van der Waals surface area (Å²) in [6.07, 6.45) is 10.0. The van der Waals surface area contributed by atoms with Crippen LogP contribution in [0.1, 0.15) is 18.7 Å². The minimum absolute atomic E-state index is 0.0207. The quantitative estimate of drug-likeness (QED) is 0.760. The van der Waals surface area contributed by atoms with Gasteiger partial charge in [-0.05, 0) is 26.6 Å². The van der Waals surface area contributed by atoms with Crippen LogP contribution in [0.5, 0.6) is 0 Å². The molecule has 1 amide bonds. The molecule has 3 heterocycles. The molecule has 0 saturated carbocycles. The van der Waals surface area contributed by atoms with Crippen LogP contribution in [0.25, 0.3) is 5.57 Å². The van der Waals surface area contributed by atoms with Crippen molar-refractivity contribution in [3.8, 4) is 0 Å². The zero-order chi connectivity index (χ0) is 17.1. The number of amides is 1. The minimum Gasteiger partial charge on any atom is -0.335 e. The van der Waals surface area contributed by atoms with E-state index in [-0.39, 0.29) is 18.0 Å². The molecule has 1 fully saturated rings. The summed E-state index contributed by atoms with van der Waals surface area (Å²) in [4.78, 5) is 24.9. The Morgan fingerprint density at radius 1 is 1.29 bits per heavy atom. The van der Waals surface area contributed by atoms with E-state index in [2.05, 4.69) is 25.2 Å². The lowest BCUT2D eigenvalue weighted by molar-refractivity contribution is -0.125. The van der Waals surface area contributed by atoms with Crippen molar-refractivity contribution in [1.82, 2.24) is 34.8 Å². The molecule has 2 aromatic heterocycles. The molecule has 1 saturated heterocycles. The normalized spacial score (nSPS) is 21.5. The standard InChI is InChI=1S/C16H21N7O/c1-12(13-9-17-4-5-18-13)8-16(24)22-10-14(21(2)3)15(11-22)23-7-6-19-20-23/h4-9,14-15H,10-11H2,1-3H3/b12-8+/t14-,15+/m1/s1. The van der Waals surface area contributed by atoms with E-state index in [1.165, 1.54) is 0 Å². The number of hydrogen-bond acceptors (Lipinski definition) is 6. The summed E-state index contributed by atoms with van der Waals surface area (Å²) in [5.41, 5.74) is 1.51. The summed E-state index contributed by atoms with van der Waals surface area (Å²) in [7, 11) is 4.03. The van der Waals surface area contributed by atoms with Gasteiger partial charge in [0.15, 0.2) is 0 Å². The van der Waals surface area contributed by atoms with Crippen LogP contribution in [-0.2, 0) is 4.79 Å². The maximum absolute atomic E-state index is 12.6. The van der Waals surface area contributed by atoms with Crippen LogP contribution in [0.4, 0.5) is 0 Å². The molecule has 2 atom stereocenters. The third-order valence-electron chi connectivity index (χ3n) is 4.32. The van der Waals surface area contributed by atoms with Crippen molar-refractivity contribution in [3.05, 3.63) is 42.8 Å². The molecule has 1 aliphatic rings. The molecule has 24 heavy (non-hydrogen) atoms. The number of likely N-dealkylation sites (N-methyl/N-ethyl adjacent to an activating group) is 1. The number of likely N-dealkylation sites (tertiary alicyclic amines) is 1. The number of hydrogen-bond donors (Lipinski definition) is 0. The average molecular weight is 327 g/mol. The molecular formula is C16H21N7O. The van der Waals surface area contributed by atoms with Crippen molar-refractivity contribution in [2.45, 2.75) is 19.0 Å². The van der Waals surface area contributed by atoms with Crippen molar-refractivity contribution in [2.75, 3.05) is 27.2 Å². The molecule has 0 N–H and O–H groups in total. The summed E-state index contributed by atoms with van der Waals surface area (Å²) >= 11 is 0. The Bertz CT molecular complexity index is 711. The van der Waals surface area contributed by atoms with E-state index in [0.29, 0.717) is 18.8 Å². The van der Waals surface area contributed by atoms with E-state index in [4.69, 9.17) is 0 Å². The summed E-state index contributed by atoms with van der Waals surface area (Å²) in [6, 6.07) is 0.289. The number of carbonyl (C=O) groups excluding carboxylic acids is 1. The van der Waals surface area contributed by atoms with Gasteiger partial charge >= 0.3 is 0 Å². The van der Waals surface area contributed by atoms with Crippen LogP contribution < -0.4 is 0 Å². The molecule has 0 spiro atoms. The summed E-state index contributed by atoms with van der Waals surface area (Å²) < 4.78 is 1.83. The van der Waals surface area contributed by atoms with E-state index in [1.807, 2.05) is 36.8 Å². The third kappa shape index (κ3) is 3.33. The highest BCUT2D eigenvalue weighted by Gasteiger charge is 2.37. The molecule has 8 heteroatoms. The first-order valence-electron chi connectivity index (χ1n) is 7.82. The molecule has 8 nitrogen and oxygen atoms in total. The molecule has 0 aliphatic carbocycles. The second-order valence-corrected chi connectivity index (χ2v) is 6.14. The van der Waals surface area contributed by atoms with Crippen LogP contribution in [0.15, 0.2) is 37.1 Å². The Kier molecular flexibility index (Phi) is 4.66. The Balaban J connectivity index is 1.76. The number of rotatable bonds is 4. The second kappa shape index (κ2) is 6.88. The fraction of sp³-hybridized carbons (Fsp3) is 0.438. The van der Waals surface area contributed by atoms with E-state index < -0.39 is 0 Å². The summed E-state index contributed by atoms with van der Waals surface area (Å²) in [5.74, 6) is -0.0207. The fourth-order valence-corrected chi connectivity index (χ4v) is 2.96. The molecule has 1 aliphatic heterocycles. The van der Waals surface area contributed by atoms with E-state index >= 15 is 0 Å². The highest BCUT2D eigenvalue weighted by molar-refractivity contribution is 5.94. The molecule has 0 unspecified atom stereocenters. The highest BCUT2D eigenvalue weighted by atomic mass is 16.2. The summed E-state index contributed by atoms with van der Waals surface area (Å²) in [5, 5.41) is 7.98. The van der Waals surface area contributed by atoms with Gasteiger partial charge in [-0.2, -0.15) is 0 Å². The van der Waals surface area contributed by atoms with Gasteiger partial charge in [-0.15, -0.1) is 5.10 Å². The first-order valence-corrected chi connectivity index (χ1v) is 7.82. The van der Waals surface area contributed by atoms with Crippen molar-refractivity contribution in [1.29, 1.82) is 0 Å². The third-order valence-corrected chi connectivity index (χ3v) is 4.32. The molecule has 2 aromatic rings. The molecule has 3 rings (SSSR count). The van der Waals surface area contributed by atoms with Gasteiger partial charge in [-0.25, -0.2) is 4.68 Å².